The van der Waals surface area contributed by atoms with Crippen LogP contribution in [0, 0.1) is 6.92 Å². The predicted octanol–water partition coefficient (Wildman–Crippen LogP) is 7.38. The van der Waals surface area contributed by atoms with Gasteiger partial charge in [-0.1, -0.05) is 41.6 Å². The smallest absolute Gasteiger partial charge is 0.206 e. The van der Waals surface area contributed by atoms with Crippen LogP contribution in [0.4, 0.5) is 0 Å². The number of sulfone groups is 1. The lowest BCUT2D eigenvalue weighted by Crippen LogP contribution is -2.01. The van der Waals surface area contributed by atoms with Crippen LogP contribution >= 0.6 is 23.5 Å². The maximum Gasteiger partial charge on any atom is 0.206 e. The van der Waals surface area contributed by atoms with Gasteiger partial charge in [0.1, 0.15) is 5.75 Å². The third kappa shape index (κ3) is 5.29. The molecular formula is C27H24O3S3. The van der Waals surface area contributed by atoms with Crippen LogP contribution in [-0.4, -0.2) is 21.8 Å². The first kappa shape index (κ1) is 23.5. The van der Waals surface area contributed by atoms with Gasteiger partial charge < -0.3 is 4.74 Å². The highest BCUT2D eigenvalue weighted by molar-refractivity contribution is 7.99. The van der Waals surface area contributed by atoms with Gasteiger partial charge in [0, 0.05) is 20.2 Å². The van der Waals surface area contributed by atoms with Crippen molar-refractivity contribution < 1.29 is 13.2 Å². The molecular weight excluding hydrogens is 468 g/mol. The minimum Gasteiger partial charge on any atom is -0.496 e. The van der Waals surface area contributed by atoms with E-state index in [9.17, 15) is 8.42 Å². The number of hydrogen-bond acceptors (Lipinski definition) is 5. The zero-order chi connectivity index (χ0) is 23.4. The fourth-order valence-electron chi connectivity index (χ4n) is 3.42. The average molecular weight is 493 g/mol. The van der Waals surface area contributed by atoms with E-state index in [2.05, 4.69) is 42.7 Å². The van der Waals surface area contributed by atoms with Gasteiger partial charge in [-0.3, -0.25) is 0 Å². The van der Waals surface area contributed by atoms with E-state index in [4.69, 9.17) is 4.74 Å². The zero-order valence-corrected chi connectivity index (χ0v) is 21.1. The number of benzene rings is 4. The van der Waals surface area contributed by atoms with Crippen LogP contribution in [0.3, 0.4) is 0 Å². The van der Waals surface area contributed by atoms with Crippen molar-refractivity contribution in [1.82, 2.24) is 0 Å². The van der Waals surface area contributed by atoms with E-state index in [0.29, 0.717) is 4.90 Å². The van der Waals surface area contributed by atoms with Gasteiger partial charge in [-0.05, 0) is 85.5 Å². The molecule has 4 rings (SSSR count). The summed E-state index contributed by atoms with van der Waals surface area (Å²) in [6, 6.07) is 28.5. The van der Waals surface area contributed by atoms with Gasteiger partial charge in [0.2, 0.25) is 9.84 Å². The number of hydrogen-bond donors (Lipinski definition) is 0. The Balaban J connectivity index is 1.54. The average Bonchev–Trinajstić information content (AvgIpc) is 2.84. The van der Waals surface area contributed by atoms with Gasteiger partial charge in [-0.15, -0.1) is 11.8 Å². The molecule has 0 amide bonds. The fourth-order valence-corrected chi connectivity index (χ4v) is 5.94. The van der Waals surface area contributed by atoms with Gasteiger partial charge in [0.15, 0.2) is 0 Å². The Hall–Kier alpha value is -2.67. The first-order valence-electron chi connectivity index (χ1n) is 10.3. The van der Waals surface area contributed by atoms with Crippen molar-refractivity contribution in [1.29, 1.82) is 0 Å². The fraction of sp³-hybridized carbons (Fsp3) is 0.111. The van der Waals surface area contributed by atoms with E-state index in [-0.39, 0.29) is 4.90 Å². The summed E-state index contributed by atoms with van der Waals surface area (Å²) in [4.78, 5) is 3.79. The van der Waals surface area contributed by atoms with Gasteiger partial charge in [0.05, 0.1) is 16.9 Å². The maximum absolute atomic E-state index is 12.9. The Morgan fingerprint density at radius 3 is 1.82 bits per heavy atom. The first-order valence-corrected chi connectivity index (χ1v) is 13.9. The van der Waals surface area contributed by atoms with Crippen LogP contribution in [0.1, 0.15) is 5.56 Å². The van der Waals surface area contributed by atoms with Gasteiger partial charge >= 0.3 is 0 Å². The summed E-state index contributed by atoms with van der Waals surface area (Å²) in [5.74, 6) is 0.801. The Kier molecular flexibility index (Phi) is 7.17. The van der Waals surface area contributed by atoms with E-state index in [1.165, 1.54) is 4.90 Å². The normalized spacial score (nSPS) is 11.4. The molecule has 4 aromatic rings. The van der Waals surface area contributed by atoms with Crippen LogP contribution in [0.25, 0.3) is 11.1 Å². The summed E-state index contributed by atoms with van der Waals surface area (Å²) >= 11 is 3.28. The third-order valence-electron chi connectivity index (χ3n) is 5.28. The SMILES string of the molecule is COc1cc(Sc2ccc(S(=O)(=O)c3ccc(C)cc3)cc2)ccc1-c1ccc(SC)cc1. The summed E-state index contributed by atoms with van der Waals surface area (Å²) in [6.45, 7) is 1.94. The summed E-state index contributed by atoms with van der Waals surface area (Å²) < 4.78 is 31.4. The van der Waals surface area contributed by atoms with E-state index in [1.807, 2.05) is 37.3 Å². The molecule has 0 spiro atoms. The number of aryl methyl sites for hydroxylation is 1. The molecule has 33 heavy (non-hydrogen) atoms. The monoisotopic (exact) mass is 492 g/mol. The summed E-state index contributed by atoms with van der Waals surface area (Å²) in [5, 5.41) is 0. The molecule has 3 nitrogen and oxygen atoms in total. The van der Waals surface area contributed by atoms with E-state index < -0.39 is 9.84 Å². The lowest BCUT2D eigenvalue weighted by Gasteiger charge is -2.12. The van der Waals surface area contributed by atoms with E-state index in [0.717, 1.165) is 32.2 Å². The second kappa shape index (κ2) is 10.1. The minimum atomic E-state index is -3.53. The van der Waals surface area contributed by atoms with Crippen LogP contribution in [0.15, 0.2) is 115 Å². The molecule has 0 aliphatic rings. The Bertz CT molecular complexity index is 1340. The van der Waals surface area contributed by atoms with Gasteiger partial charge in [0.25, 0.3) is 0 Å². The molecule has 168 valence electrons. The molecule has 0 aliphatic heterocycles. The highest BCUT2D eigenvalue weighted by Gasteiger charge is 2.17. The lowest BCUT2D eigenvalue weighted by atomic mass is 10.0. The molecule has 0 N–H and O–H groups in total. The third-order valence-corrected chi connectivity index (χ3v) is 8.80. The highest BCUT2D eigenvalue weighted by Crippen LogP contribution is 2.37. The Morgan fingerprint density at radius 2 is 1.24 bits per heavy atom. The molecule has 0 aromatic heterocycles. The molecule has 0 radical (unpaired) electrons. The molecule has 0 aliphatic carbocycles. The molecule has 6 heteroatoms. The number of rotatable bonds is 7. The zero-order valence-electron chi connectivity index (χ0n) is 18.6. The Morgan fingerprint density at radius 1 is 0.697 bits per heavy atom. The van der Waals surface area contributed by atoms with Crippen LogP contribution in [0.2, 0.25) is 0 Å². The van der Waals surface area contributed by atoms with Crippen LogP contribution in [0.5, 0.6) is 5.75 Å². The van der Waals surface area contributed by atoms with Crippen LogP contribution in [-0.2, 0) is 9.84 Å². The first-order chi connectivity index (χ1) is 15.9. The maximum atomic E-state index is 12.9. The molecule has 0 heterocycles. The second-order valence-electron chi connectivity index (χ2n) is 7.48. The van der Waals surface area contributed by atoms with Crippen molar-refractivity contribution in [2.75, 3.05) is 13.4 Å². The summed E-state index contributed by atoms with van der Waals surface area (Å²) in [5.41, 5.74) is 3.17. The van der Waals surface area contributed by atoms with E-state index in [1.54, 1.807) is 54.9 Å². The van der Waals surface area contributed by atoms with Crippen molar-refractivity contribution in [3.05, 3.63) is 96.6 Å². The number of ether oxygens (including phenoxy) is 1. The predicted molar refractivity (Wildman–Crippen MR) is 137 cm³/mol. The van der Waals surface area contributed by atoms with E-state index >= 15 is 0 Å². The van der Waals surface area contributed by atoms with Crippen molar-refractivity contribution in [2.24, 2.45) is 0 Å². The molecule has 0 fully saturated rings. The largest absolute Gasteiger partial charge is 0.496 e. The molecule has 0 bridgehead atoms. The quantitative estimate of drug-likeness (QED) is 0.252. The molecule has 0 atom stereocenters. The molecule has 4 aromatic carbocycles. The van der Waals surface area contributed by atoms with Crippen LogP contribution < -0.4 is 4.74 Å². The topological polar surface area (TPSA) is 43.4 Å². The number of methoxy groups -OCH3 is 1. The number of thioether (sulfide) groups is 1. The molecule has 0 saturated carbocycles. The van der Waals surface area contributed by atoms with Crippen molar-refractivity contribution >= 4 is 33.4 Å². The van der Waals surface area contributed by atoms with Crippen molar-refractivity contribution in [3.63, 3.8) is 0 Å². The molecule has 0 unspecified atom stereocenters. The second-order valence-corrected chi connectivity index (χ2v) is 11.5. The standard InChI is InChI=1S/C27H24O3S3/c1-19-4-13-24(14-5-19)33(28,29)25-15-10-22(11-16-25)32-23-12-17-26(27(18-23)30-2)20-6-8-21(31-3)9-7-20/h4-18H,1-3H3. The van der Waals surface area contributed by atoms with Crippen molar-refractivity contribution in [3.8, 4) is 16.9 Å². The molecule has 0 saturated heterocycles. The lowest BCUT2D eigenvalue weighted by molar-refractivity contribution is 0.415. The van der Waals surface area contributed by atoms with Crippen molar-refractivity contribution in [2.45, 2.75) is 31.4 Å². The summed E-state index contributed by atoms with van der Waals surface area (Å²) in [7, 11) is -1.85. The summed E-state index contributed by atoms with van der Waals surface area (Å²) in [6.07, 6.45) is 2.06. The van der Waals surface area contributed by atoms with Gasteiger partial charge in [-0.2, -0.15) is 0 Å². The minimum absolute atomic E-state index is 0.289. The highest BCUT2D eigenvalue weighted by atomic mass is 32.2. The Labute approximate surface area is 204 Å². The van der Waals surface area contributed by atoms with Gasteiger partial charge in [-0.25, -0.2) is 8.42 Å².